The summed E-state index contributed by atoms with van der Waals surface area (Å²) in [6.45, 7) is 13.9. The molecular weight excluding hydrogens is 428 g/mol. The first kappa shape index (κ1) is 23.6. The lowest BCUT2D eigenvalue weighted by Crippen LogP contribution is -2.47. The maximum atomic E-state index is 5.98. The molecule has 0 bridgehead atoms. The minimum atomic E-state index is 0.206. The van der Waals surface area contributed by atoms with Crippen LogP contribution < -0.4 is 10.1 Å². The molecule has 3 aromatic rings. The molecule has 0 atom stereocenters. The molecule has 34 heavy (non-hydrogen) atoms. The van der Waals surface area contributed by atoms with Crippen LogP contribution in [0.1, 0.15) is 31.2 Å². The molecule has 0 saturated carbocycles. The van der Waals surface area contributed by atoms with E-state index >= 15 is 0 Å². The van der Waals surface area contributed by atoms with Gasteiger partial charge in [-0.15, -0.1) is 0 Å². The normalized spacial score (nSPS) is 15.9. The zero-order valence-electron chi connectivity index (χ0n) is 20.4. The number of nitrogens with one attached hydrogen (secondary N) is 3. The number of piperazine rings is 1. The molecule has 0 spiro atoms. The SMILES string of the molecule is C=N/C(=C\C(=N/COc1ccc2[nH]c(C)cc2c1)N1CCN(C)CC1)Nc1cc(C(C)C)[nH]n1. The molecule has 0 unspecified atom stereocenters. The number of hydrogen-bond donors (Lipinski definition) is 3. The van der Waals surface area contributed by atoms with Crippen LogP contribution in [-0.2, 0) is 0 Å². The second-order valence-corrected chi connectivity index (χ2v) is 8.96. The van der Waals surface area contributed by atoms with Gasteiger partial charge in [-0.3, -0.25) is 5.10 Å². The fourth-order valence-electron chi connectivity index (χ4n) is 3.86. The predicted molar refractivity (Wildman–Crippen MR) is 139 cm³/mol. The minimum absolute atomic E-state index is 0.206. The van der Waals surface area contributed by atoms with E-state index in [9.17, 15) is 0 Å². The van der Waals surface area contributed by atoms with Crippen molar-refractivity contribution in [3.8, 4) is 5.75 Å². The third-order valence-electron chi connectivity index (χ3n) is 5.92. The summed E-state index contributed by atoms with van der Waals surface area (Å²) in [7, 11) is 2.13. The van der Waals surface area contributed by atoms with Gasteiger partial charge in [0.25, 0.3) is 0 Å². The quantitative estimate of drug-likeness (QED) is 0.348. The van der Waals surface area contributed by atoms with Gasteiger partial charge in [0.15, 0.2) is 12.5 Å². The van der Waals surface area contributed by atoms with Gasteiger partial charge in [-0.05, 0) is 50.9 Å². The number of ether oxygens (including phenoxy) is 1. The molecule has 4 rings (SSSR count). The van der Waals surface area contributed by atoms with Crippen molar-refractivity contribution in [2.75, 3.05) is 45.3 Å². The maximum Gasteiger partial charge on any atom is 0.181 e. The van der Waals surface area contributed by atoms with Crippen molar-refractivity contribution in [1.82, 2.24) is 25.0 Å². The first-order valence-corrected chi connectivity index (χ1v) is 11.6. The highest BCUT2D eigenvalue weighted by atomic mass is 16.5. The topological polar surface area (TPSA) is 96.9 Å². The molecule has 0 aliphatic carbocycles. The lowest BCUT2D eigenvalue weighted by atomic mass is 10.1. The summed E-state index contributed by atoms with van der Waals surface area (Å²) in [5.41, 5.74) is 3.28. The Morgan fingerprint density at radius 3 is 2.74 bits per heavy atom. The van der Waals surface area contributed by atoms with Gasteiger partial charge in [-0.25, -0.2) is 9.98 Å². The predicted octanol–water partition coefficient (Wildman–Crippen LogP) is 3.96. The lowest BCUT2D eigenvalue weighted by molar-refractivity contribution is 0.214. The van der Waals surface area contributed by atoms with E-state index in [0.717, 1.165) is 60.1 Å². The molecule has 3 heterocycles. The zero-order chi connectivity index (χ0) is 24.1. The van der Waals surface area contributed by atoms with Gasteiger partial charge in [0.05, 0.1) is 0 Å². The highest BCUT2D eigenvalue weighted by molar-refractivity contribution is 5.94. The molecule has 9 heteroatoms. The van der Waals surface area contributed by atoms with Crippen molar-refractivity contribution in [2.45, 2.75) is 26.7 Å². The van der Waals surface area contributed by atoms with E-state index in [2.05, 4.69) is 69.0 Å². The highest BCUT2D eigenvalue weighted by Gasteiger charge is 2.17. The number of aromatic nitrogens is 3. The standard InChI is InChI=1S/C25H34N8O/c1-17(2)22-14-24(31-30-22)29-23(26-4)15-25(33-10-8-32(5)9-11-33)27-16-34-20-6-7-21-19(13-20)12-18(3)28-21/h6-7,12-15,17,28H,4,8-11,16H2,1-3,5H3,(H2,29,30,31)/b23-15+,27-25+. The molecule has 1 aliphatic rings. The van der Waals surface area contributed by atoms with E-state index < -0.39 is 0 Å². The van der Waals surface area contributed by atoms with Crippen molar-refractivity contribution >= 4 is 29.3 Å². The van der Waals surface area contributed by atoms with Crippen molar-refractivity contribution in [1.29, 1.82) is 0 Å². The van der Waals surface area contributed by atoms with Crippen molar-refractivity contribution < 1.29 is 4.74 Å². The van der Waals surface area contributed by atoms with Crippen LogP contribution in [0.5, 0.6) is 5.75 Å². The number of benzene rings is 1. The number of aryl methyl sites for hydroxylation is 1. The van der Waals surface area contributed by atoms with E-state index in [1.807, 2.05) is 37.3 Å². The molecule has 180 valence electrons. The molecule has 3 N–H and O–H groups in total. The van der Waals surface area contributed by atoms with E-state index in [4.69, 9.17) is 9.73 Å². The average Bonchev–Trinajstić information content (AvgIpc) is 3.43. The third-order valence-corrected chi connectivity index (χ3v) is 5.92. The second-order valence-electron chi connectivity index (χ2n) is 8.96. The highest BCUT2D eigenvalue weighted by Crippen LogP contribution is 2.21. The number of rotatable bonds is 8. The summed E-state index contributed by atoms with van der Waals surface area (Å²) < 4.78 is 5.98. The number of aromatic amines is 2. The number of amidine groups is 1. The zero-order valence-corrected chi connectivity index (χ0v) is 20.4. The Morgan fingerprint density at radius 1 is 1.24 bits per heavy atom. The maximum absolute atomic E-state index is 5.98. The monoisotopic (exact) mass is 462 g/mol. The number of anilines is 1. The number of likely N-dealkylation sites (N-methyl/N-ethyl adjacent to an activating group) is 1. The van der Waals surface area contributed by atoms with E-state index in [1.165, 1.54) is 0 Å². The fourth-order valence-corrected chi connectivity index (χ4v) is 3.86. The fraction of sp³-hybridized carbons (Fsp3) is 0.400. The third kappa shape index (κ3) is 5.85. The van der Waals surface area contributed by atoms with Crippen LogP contribution >= 0.6 is 0 Å². The Bertz CT molecular complexity index is 1180. The summed E-state index contributed by atoms with van der Waals surface area (Å²) in [6.07, 6.45) is 1.91. The van der Waals surface area contributed by atoms with Crippen LogP contribution in [0.15, 0.2) is 52.2 Å². The molecular formula is C25H34N8O. The molecule has 0 radical (unpaired) electrons. The molecule has 1 aliphatic heterocycles. The van der Waals surface area contributed by atoms with Gasteiger partial charge in [0, 0.05) is 60.6 Å². The minimum Gasteiger partial charge on any atom is -0.471 e. The van der Waals surface area contributed by atoms with Crippen molar-refractivity contribution in [3.05, 3.63) is 53.6 Å². The average molecular weight is 463 g/mol. The van der Waals surface area contributed by atoms with Crippen LogP contribution in [0, 0.1) is 6.92 Å². The first-order chi connectivity index (χ1) is 16.4. The number of nitrogens with zero attached hydrogens (tertiary/aromatic N) is 5. The Kier molecular flexibility index (Phi) is 7.32. The van der Waals surface area contributed by atoms with Gasteiger partial charge in [-0.1, -0.05) is 13.8 Å². The largest absolute Gasteiger partial charge is 0.471 e. The van der Waals surface area contributed by atoms with Gasteiger partial charge < -0.3 is 24.8 Å². The van der Waals surface area contributed by atoms with Crippen molar-refractivity contribution in [3.63, 3.8) is 0 Å². The lowest BCUT2D eigenvalue weighted by Gasteiger charge is -2.33. The Morgan fingerprint density at radius 2 is 2.03 bits per heavy atom. The van der Waals surface area contributed by atoms with Crippen LogP contribution in [0.3, 0.4) is 0 Å². The molecule has 9 nitrogen and oxygen atoms in total. The smallest absolute Gasteiger partial charge is 0.181 e. The molecule has 1 fully saturated rings. The first-order valence-electron chi connectivity index (χ1n) is 11.6. The van der Waals surface area contributed by atoms with Gasteiger partial charge >= 0.3 is 0 Å². The number of fused-ring (bicyclic) bond motifs is 1. The number of aliphatic imine (C=N–C) groups is 2. The van der Waals surface area contributed by atoms with E-state index in [1.54, 1.807) is 0 Å². The van der Waals surface area contributed by atoms with Gasteiger partial charge in [0.2, 0.25) is 0 Å². The summed E-state index contributed by atoms with van der Waals surface area (Å²) >= 11 is 0. The summed E-state index contributed by atoms with van der Waals surface area (Å²) in [6, 6.07) is 10.1. The van der Waals surface area contributed by atoms with Crippen molar-refractivity contribution in [2.24, 2.45) is 9.98 Å². The van der Waals surface area contributed by atoms with Gasteiger partial charge in [-0.2, -0.15) is 5.10 Å². The molecule has 1 saturated heterocycles. The van der Waals surface area contributed by atoms with Crippen LogP contribution in [0.4, 0.5) is 5.82 Å². The van der Waals surface area contributed by atoms with Crippen LogP contribution in [0.25, 0.3) is 10.9 Å². The number of H-pyrrole nitrogens is 2. The Balaban J connectivity index is 1.51. The molecule has 1 aromatic carbocycles. The Hall–Kier alpha value is -3.59. The Labute approximate surface area is 200 Å². The molecule has 0 amide bonds. The van der Waals surface area contributed by atoms with Gasteiger partial charge in [0.1, 0.15) is 17.4 Å². The van der Waals surface area contributed by atoms with Crippen LogP contribution in [0.2, 0.25) is 0 Å². The van der Waals surface area contributed by atoms with E-state index in [-0.39, 0.29) is 6.73 Å². The van der Waals surface area contributed by atoms with E-state index in [0.29, 0.717) is 17.6 Å². The number of hydrogen-bond acceptors (Lipinski definition) is 6. The summed E-state index contributed by atoms with van der Waals surface area (Å²) in [5.74, 6) is 3.24. The summed E-state index contributed by atoms with van der Waals surface area (Å²) in [4.78, 5) is 16.8. The second kappa shape index (κ2) is 10.6. The molecule has 2 aromatic heterocycles. The summed E-state index contributed by atoms with van der Waals surface area (Å²) in [5, 5.41) is 11.7. The van der Waals surface area contributed by atoms with Crippen LogP contribution in [-0.4, -0.2) is 77.5 Å².